The molecule has 1 N–H and O–H groups in total. The lowest BCUT2D eigenvalue weighted by atomic mass is 10.2. The zero-order valence-electron chi connectivity index (χ0n) is 15.9. The second kappa shape index (κ2) is 8.74. The van der Waals surface area contributed by atoms with Crippen LogP contribution in [0.5, 0.6) is 5.88 Å². The number of carbonyl (C=O) groups excluding carboxylic acids is 1. The fourth-order valence-corrected chi connectivity index (χ4v) is 3.63. The maximum Gasteiger partial charge on any atom is 0.268 e. The van der Waals surface area contributed by atoms with E-state index in [0.29, 0.717) is 24.7 Å². The van der Waals surface area contributed by atoms with Crippen molar-refractivity contribution in [2.45, 2.75) is 44.9 Å². The Morgan fingerprint density at radius 1 is 1.07 bits per heavy atom. The summed E-state index contributed by atoms with van der Waals surface area (Å²) >= 11 is 0. The molecular weight excluding hydrogens is 350 g/mol. The number of benzene rings is 1. The van der Waals surface area contributed by atoms with Crippen molar-refractivity contribution in [1.29, 1.82) is 0 Å². The van der Waals surface area contributed by atoms with Gasteiger partial charge in [-0.15, -0.1) is 0 Å². The smallest absolute Gasteiger partial charge is 0.268 e. The second-order valence-corrected chi connectivity index (χ2v) is 7.18. The van der Waals surface area contributed by atoms with Gasteiger partial charge >= 0.3 is 0 Å². The number of carbonyl (C=O) groups is 1. The normalized spacial score (nSPS) is 14.1. The molecule has 0 bridgehead atoms. The summed E-state index contributed by atoms with van der Waals surface area (Å²) < 4.78 is 8.03. The van der Waals surface area contributed by atoms with Crippen LogP contribution in [0.4, 0.5) is 0 Å². The van der Waals surface area contributed by atoms with Crippen LogP contribution in [0.1, 0.15) is 47.3 Å². The fraction of sp³-hybridized carbons (Fsp3) is 0.304. The lowest BCUT2D eigenvalue weighted by molar-refractivity contribution is 0.0941. The zero-order chi connectivity index (χ0) is 19.2. The summed E-state index contributed by atoms with van der Waals surface area (Å²) in [7, 11) is 0. The Bertz CT molecular complexity index is 914. The molecule has 1 aliphatic rings. The molecule has 0 saturated heterocycles. The molecular formula is C23H25N3O2. The number of hydrogen-bond donors (Lipinski definition) is 1. The number of ether oxygens (including phenoxy) is 1. The van der Waals surface area contributed by atoms with E-state index in [1.165, 1.54) is 12.8 Å². The highest BCUT2D eigenvalue weighted by Crippen LogP contribution is 2.25. The van der Waals surface area contributed by atoms with Crippen LogP contribution in [-0.2, 0) is 13.1 Å². The first-order chi connectivity index (χ1) is 13.8. The van der Waals surface area contributed by atoms with Crippen molar-refractivity contribution in [2.75, 3.05) is 0 Å². The minimum Gasteiger partial charge on any atom is -0.474 e. The monoisotopic (exact) mass is 375 g/mol. The number of pyridine rings is 1. The highest BCUT2D eigenvalue weighted by molar-refractivity contribution is 5.92. The van der Waals surface area contributed by atoms with E-state index in [1.54, 1.807) is 6.20 Å². The van der Waals surface area contributed by atoms with Crippen LogP contribution < -0.4 is 10.1 Å². The van der Waals surface area contributed by atoms with E-state index in [0.717, 1.165) is 24.0 Å². The molecule has 0 spiro atoms. The minimum absolute atomic E-state index is 0.100. The van der Waals surface area contributed by atoms with E-state index >= 15 is 0 Å². The van der Waals surface area contributed by atoms with Crippen LogP contribution >= 0.6 is 0 Å². The van der Waals surface area contributed by atoms with Gasteiger partial charge in [-0.1, -0.05) is 36.4 Å². The van der Waals surface area contributed by atoms with E-state index < -0.39 is 0 Å². The molecule has 2 heterocycles. The highest BCUT2D eigenvalue weighted by Gasteiger charge is 2.19. The SMILES string of the molecule is O=C(NCc1cccnc1OC1CCCC1)c1cccn1Cc1ccccc1. The van der Waals surface area contributed by atoms with Crippen LogP contribution in [0.3, 0.4) is 0 Å². The molecule has 0 atom stereocenters. The molecule has 0 aliphatic heterocycles. The van der Waals surface area contributed by atoms with E-state index in [9.17, 15) is 4.79 Å². The Kier molecular flexibility index (Phi) is 5.71. The molecule has 1 amide bonds. The number of aromatic nitrogens is 2. The standard InChI is InChI=1S/C23H25N3O2/c27-22(21-13-7-15-26(21)17-18-8-2-1-3-9-18)25-16-19-10-6-14-24-23(19)28-20-11-4-5-12-20/h1-3,6-10,13-15,20H,4-5,11-12,16-17H2,(H,25,27). The number of hydrogen-bond acceptors (Lipinski definition) is 3. The summed E-state index contributed by atoms with van der Waals surface area (Å²) in [6, 6.07) is 17.7. The van der Waals surface area contributed by atoms with Crippen LogP contribution in [-0.4, -0.2) is 21.6 Å². The number of amides is 1. The van der Waals surface area contributed by atoms with Crippen LogP contribution in [0.25, 0.3) is 0 Å². The highest BCUT2D eigenvalue weighted by atomic mass is 16.5. The van der Waals surface area contributed by atoms with E-state index in [2.05, 4.69) is 22.4 Å². The Morgan fingerprint density at radius 3 is 2.71 bits per heavy atom. The maximum atomic E-state index is 12.8. The third-order valence-electron chi connectivity index (χ3n) is 5.13. The quantitative estimate of drug-likeness (QED) is 0.674. The molecule has 5 nitrogen and oxygen atoms in total. The van der Waals surface area contributed by atoms with Crippen molar-refractivity contribution >= 4 is 5.91 Å². The average Bonchev–Trinajstić information content (AvgIpc) is 3.40. The predicted molar refractivity (Wildman–Crippen MR) is 108 cm³/mol. The molecule has 1 aromatic carbocycles. The van der Waals surface area contributed by atoms with Gasteiger partial charge in [-0.05, 0) is 49.4 Å². The molecule has 4 rings (SSSR count). The Balaban J connectivity index is 1.41. The van der Waals surface area contributed by atoms with Gasteiger partial charge in [0, 0.05) is 31.0 Å². The van der Waals surface area contributed by atoms with Crippen LogP contribution in [0.15, 0.2) is 67.0 Å². The van der Waals surface area contributed by atoms with E-state index in [-0.39, 0.29) is 12.0 Å². The van der Waals surface area contributed by atoms with Crippen molar-refractivity contribution in [3.8, 4) is 5.88 Å². The number of rotatable bonds is 7. The third-order valence-corrected chi connectivity index (χ3v) is 5.13. The van der Waals surface area contributed by atoms with E-state index in [1.807, 2.05) is 53.2 Å². The number of nitrogens with zero attached hydrogens (tertiary/aromatic N) is 2. The summed E-state index contributed by atoms with van der Waals surface area (Å²) in [4.78, 5) is 17.1. The maximum absolute atomic E-state index is 12.8. The Hall–Kier alpha value is -3.08. The van der Waals surface area contributed by atoms with Gasteiger partial charge in [0.05, 0.1) is 0 Å². The molecule has 0 radical (unpaired) electrons. The van der Waals surface area contributed by atoms with Gasteiger partial charge in [0.25, 0.3) is 5.91 Å². The van der Waals surface area contributed by atoms with Crippen molar-refractivity contribution in [3.63, 3.8) is 0 Å². The molecule has 1 fully saturated rings. The van der Waals surface area contributed by atoms with Gasteiger partial charge in [-0.3, -0.25) is 4.79 Å². The summed E-state index contributed by atoms with van der Waals surface area (Å²) in [5.41, 5.74) is 2.71. The molecule has 144 valence electrons. The van der Waals surface area contributed by atoms with Crippen molar-refractivity contribution in [3.05, 3.63) is 83.8 Å². The average molecular weight is 375 g/mol. The lowest BCUT2D eigenvalue weighted by Crippen LogP contribution is -2.26. The Morgan fingerprint density at radius 2 is 1.89 bits per heavy atom. The van der Waals surface area contributed by atoms with Gasteiger partial charge < -0.3 is 14.6 Å². The minimum atomic E-state index is -0.100. The largest absolute Gasteiger partial charge is 0.474 e. The van der Waals surface area contributed by atoms with Crippen LogP contribution in [0, 0.1) is 0 Å². The van der Waals surface area contributed by atoms with Gasteiger partial charge in [-0.25, -0.2) is 4.98 Å². The van der Waals surface area contributed by atoms with Crippen molar-refractivity contribution in [2.24, 2.45) is 0 Å². The fourth-order valence-electron chi connectivity index (χ4n) is 3.63. The first-order valence-corrected chi connectivity index (χ1v) is 9.87. The molecule has 5 heteroatoms. The lowest BCUT2D eigenvalue weighted by Gasteiger charge is -2.16. The van der Waals surface area contributed by atoms with Crippen LogP contribution in [0.2, 0.25) is 0 Å². The molecule has 3 aromatic rings. The van der Waals surface area contributed by atoms with Crippen molar-refractivity contribution < 1.29 is 9.53 Å². The number of nitrogens with one attached hydrogen (secondary N) is 1. The predicted octanol–water partition coefficient (Wildman–Crippen LogP) is 4.18. The topological polar surface area (TPSA) is 56.1 Å². The summed E-state index contributed by atoms with van der Waals surface area (Å²) in [5.74, 6) is 0.533. The summed E-state index contributed by atoms with van der Waals surface area (Å²) in [6.45, 7) is 1.06. The summed E-state index contributed by atoms with van der Waals surface area (Å²) in [5, 5.41) is 3.01. The zero-order valence-corrected chi connectivity index (χ0v) is 15.9. The third kappa shape index (κ3) is 4.42. The van der Waals surface area contributed by atoms with Gasteiger partial charge in [-0.2, -0.15) is 0 Å². The molecule has 1 saturated carbocycles. The molecule has 0 unspecified atom stereocenters. The van der Waals surface area contributed by atoms with Crippen molar-refractivity contribution in [1.82, 2.24) is 14.9 Å². The molecule has 28 heavy (non-hydrogen) atoms. The summed E-state index contributed by atoms with van der Waals surface area (Å²) in [6.07, 6.45) is 8.49. The second-order valence-electron chi connectivity index (χ2n) is 7.18. The Labute approximate surface area is 165 Å². The van der Waals surface area contributed by atoms with Gasteiger partial charge in [0.15, 0.2) is 0 Å². The molecule has 1 aliphatic carbocycles. The van der Waals surface area contributed by atoms with Gasteiger partial charge in [0.2, 0.25) is 5.88 Å². The van der Waals surface area contributed by atoms with Gasteiger partial charge in [0.1, 0.15) is 11.8 Å². The first-order valence-electron chi connectivity index (χ1n) is 9.87. The molecule has 2 aromatic heterocycles. The first kappa shape index (κ1) is 18.3. The van der Waals surface area contributed by atoms with E-state index in [4.69, 9.17) is 4.74 Å².